The highest BCUT2D eigenvalue weighted by atomic mass is 16.5. The van der Waals surface area contributed by atoms with Gasteiger partial charge in [-0.15, -0.1) is 0 Å². The van der Waals surface area contributed by atoms with Gasteiger partial charge in [-0.1, -0.05) is 18.2 Å². The highest BCUT2D eigenvalue weighted by molar-refractivity contribution is 5.74. The molecule has 0 spiro atoms. The summed E-state index contributed by atoms with van der Waals surface area (Å²) in [7, 11) is 7.44. The van der Waals surface area contributed by atoms with E-state index in [1.165, 1.54) is 0 Å². The van der Waals surface area contributed by atoms with Crippen LogP contribution in [-0.2, 0) is 0 Å². The van der Waals surface area contributed by atoms with Crippen LogP contribution in [0.1, 0.15) is 30.3 Å². The summed E-state index contributed by atoms with van der Waals surface area (Å²) >= 11 is 0. The second kappa shape index (κ2) is 9.20. The number of carbonyl (C=O) groups excluding carboxylic acids is 1. The van der Waals surface area contributed by atoms with Crippen LogP contribution in [0.15, 0.2) is 48.7 Å². The van der Waals surface area contributed by atoms with Crippen LogP contribution < -0.4 is 10.1 Å². The lowest BCUT2D eigenvalue weighted by atomic mass is 10.1. The first-order valence-electron chi connectivity index (χ1n) is 8.66. The van der Waals surface area contributed by atoms with E-state index in [1.54, 1.807) is 25.3 Å². The SMILES string of the molecule is COc1ccc(C(CNC(=O)N(C)C(C)c2ccccn2)N(C)C)cc1. The van der Waals surface area contributed by atoms with Crippen LogP contribution in [0.3, 0.4) is 0 Å². The molecule has 2 aromatic rings. The first kappa shape index (κ1) is 19.7. The highest BCUT2D eigenvalue weighted by Gasteiger charge is 2.20. The summed E-state index contributed by atoms with van der Waals surface area (Å²) in [5.74, 6) is 0.819. The molecule has 2 atom stereocenters. The predicted molar refractivity (Wildman–Crippen MR) is 103 cm³/mol. The average molecular weight is 356 g/mol. The topological polar surface area (TPSA) is 57.7 Å². The second-order valence-corrected chi connectivity index (χ2v) is 6.48. The van der Waals surface area contributed by atoms with Gasteiger partial charge in [0, 0.05) is 19.8 Å². The fraction of sp³-hybridized carbons (Fsp3) is 0.400. The molecule has 6 nitrogen and oxygen atoms in total. The molecule has 26 heavy (non-hydrogen) atoms. The molecule has 2 amide bonds. The van der Waals surface area contributed by atoms with Gasteiger partial charge in [-0.05, 0) is 50.8 Å². The van der Waals surface area contributed by atoms with Crippen LogP contribution in [-0.4, -0.2) is 55.6 Å². The van der Waals surface area contributed by atoms with Crippen LogP contribution in [0.5, 0.6) is 5.75 Å². The lowest BCUT2D eigenvalue weighted by molar-refractivity contribution is 0.188. The van der Waals surface area contributed by atoms with Gasteiger partial charge in [-0.25, -0.2) is 4.79 Å². The summed E-state index contributed by atoms with van der Waals surface area (Å²) in [5.41, 5.74) is 1.99. The zero-order chi connectivity index (χ0) is 19.1. The minimum atomic E-state index is -0.122. The fourth-order valence-corrected chi connectivity index (χ4v) is 2.73. The van der Waals surface area contributed by atoms with Crippen LogP contribution >= 0.6 is 0 Å². The summed E-state index contributed by atoms with van der Waals surface area (Å²) < 4.78 is 5.21. The molecule has 0 aliphatic heterocycles. The Bertz CT molecular complexity index is 689. The third-order valence-corrected chi connectivity index (χ3v) is 4.59. The van der Waals surface area contributed by atoms with E-state index in [0.29, 0.717) is 6.54 Å². The van der Waals surface area contributed by atoms with Gasteiger partial charge >= 0.3 is 6.03 Å². The Hall–Kier alpha value is -2.60. The first-order valence-corrected chi connectivity index (χ1v) is 8.66. The largest absolute Gasteiger partial charge is 0.497 e. The molecule has 140 valence electrons. The average Bonchev–Trinajstić information content (AvgIpc) is 2.67. The Morgan fingerprint density at radius 1 is 1.15 bits per heavy atom. The molecule has 0 saturated carbocycles. The summed E-state index contributed by atoms with van der Waals surface area (Å²) in [5, 5.41) is 3.03. The van der Waals surface area contributed by atoms with E-state index in [-0.39, 0.29) is 18.1 Å². The number of nitrogens with zero attached hydrogens (tertiary/aromatic N) is 3. The maximum absolute atomic E-state index is 12.6. The Labute approximate surface area is 155 Å². The molecule has 6 heteroatoms. The zero-order valence-corrected chi connectivity index (χ0v) is 16.1. The van der Waals surface area contributed by atoms with Gasteiger partial charge in [0.1, 0.15) is 5.75 Å². The van der Waals surface area contributed by atoms with Crippen molar-refractivity contribution < 1.29 is 9.53 Å². The van der Waals surface area contributed by atoms with Gasteiger partial charge in [0.2, 0.25) is 0 Å². The molecule has 0 bridgehead atoms. The third kappa shape index (κ3) is 4.95. The molecule has 0 saturated heterocycles. The van der Waals surface area contributed by atoms with E-state index >= 15 is 0 Å². The predicted octanol–water partition coefficient (Wildman–Crippen LogP) is 3.10. The summed E-state index contributed by atoms with van der Waals surface area (Å²) in [6.45, 7) is 2.48. The molecule has 0 radical (unpaired) electrons. The number of rotatable bonds is 7. The van der Waals surface area contributed by atoms with Crippen LogP contribution in [0.25, 0.3) is 0 Å². The van der Waals surface area contributed by atoms with E-state index in [1.807, 2.05) is 63.5 Å². The number of carbonyl (C=O) groups is 1. The number of ether oxygens (including phenoxy) is 1. The molecular formula is C20H28N4O2. The van der Waals surface area contributed by atoms with E-state index in [4.69, 9.17) is 4.74 Å². The number of pyridine rings is 1. The molecule has 0 aliphatic carbocycles. The Morgan fingerprint density at radius 2 is 1.85 bits per heavy atom. The molecule has 1 aromatic heterocycles. The maximum atomic E-state index is 12.6. The number of urea groups is 1. The number of aromatic nitrogens is 1. The van der Waals surface area contributed by atoms with Crippen molar-refractivity contribution in [3.63, 3.8) is 0 Å². The number of nitrogens with one attached hydrogen (secondary N) is 1. The second-order valence-electron chi connectivity index (χ2n) is 6.48. The first-order chi connectivity index (χ1) is 12.4. The number of hydrogen-bond acceptors (Lipinski definition) is 4. The van der Waals surface area contributed by atoms with Crippen molar-refractivity contribution in [3.8, 4) is 5.75 Å². The minimum Gasteiger partial charge on any atom is -0.497 e. The van der Waals surface area contributed by atoms with Gasteiger partial charge in [0.05, 0.1) is 24.9 Å². The zero-order valence-electron chi connectivity index (χ0n) is 16.1. The standard InChI is InChI=1S/C20H28N4O2/c1-15(18-8-6-7-13-21-18)24(4)20(25)22-14-19(23(2)3)16-9-11-17(26-5)12-10-16/h6-13,15,19H,14H2,1-5H3,(H,22,25). The van der Waals surface area contributed by atoms with Gasteiger partial charge < -0.3 is 19.9 Å². The van der Waals surface area contributed by atoms with E-state index in [0.717, 1.165) is 17.0 Å². The van der Waals surface area contributed by atoms with E-state index in [9.17, 15) is 4.79 Å². The Balaban J connectivity index is 2.00. The minimum absolute atomic E-state index is 0.0726. The van der Waals surface area contributed by atoms with Gasteiger partial charge in [0.25, 0.3) is 0 Å². The molecule has 1 aromatic carbocycles. The number of amides is 2. The molecule has 0 fully saturated rings. The Morgan fingerprint density at radius 3 is 2.38 bits per heavy atom. The normalized spacial score (nSPS) is 13.2. The monoisotopic (exact) mass is 356 g/mol. The number of hydrogen-bond donors (Lipinski definition) is 1. The highest BCUT2D eigenvalue weighted by Crippen LogP contribution is 2.21. The van der Waals surface area contributed by atoms with Crippen molar-refractivity contribution in [2.24, 2.45) is 0 Å². The Kier molecular flexibility index (Phi) is 6.97. The van der Waals surface area contributed by atoms with Crippen LogP contribution in [0, 0.1) is 0 Å². The third-order valence-electron chi connectivity index (χ3n) is 4.59. The molecular weight excluding hydrogens is 328 g/mol. The molecule has 2 unspecified atom stereocenters. The number of benzene rings is 1. The van der Waals surface area contributed by atoms with Gasteiger partial charge in [-0.3, -0.25) is 4.98 Å². The molecule has 2 rings (SSSR count). The quantitative estimate of drug-likeness (QED) is 0.828. The summed E-state index contributed by atoms with van der Waals surface area (Å²) in [6, 6.07) is 13.5. The number of likely N-dealkylation sites (N-methyl/N-ethyl adjacent to an activating group) is 1. The molecule has 1 N–H and O–H groups in total. The maximum Gasteiger partial charge on any atom is 0.317 e. The summed E-state index contributed by atoms with van der Waals surface area (Å²) in [6.07, 6.45) is 1.74. The van der Waals surface area contributed by atoms with Crippen LogP contribution in [0.4, 0.5) is 4.79 Å². The van der Waals surface area contributed by atoms with Crippen molar-refractivity contribution in [1.82, 2.24) is 20.1 Å². The van der Waals surface area contributed by atoms with Gasteiger partial charge in [0.15, 0.2) is 0 Å². The van der Waals surface area contributed by atoms with Crippen molar-refractivity contribution in [3.05, 3.63) is 59.9 Å². The molecule has 1 heterocycles. The van der Waals surface area contributed by atoms with Crippen LogP contribution in [0.2, 0.25) is 0 Å². The smallest absolute Gasteiger partial charge is 0.317 e. The fourth-order valence-electron chi connectivity index (χ4n) is 2.73. The lowest BCUT2D eigenvalue weighted by Crippen LogP contribution is -2.42. The number of methoxy groups -OCH3 is 1. The van der Waals surface area contributed by atoms with Crippen molar-refractivity contribution in [1.29, 1.82) is 0 Å². The van der Waals surface area contributed by atoms with Gasteiger partial charge in [-0.2, -0.15) is 0 Å². The van der Waals surface area contributed by atoms with E-state index in [2.05, 4.69) is 15.2 Å². The van der Waals surface area contributed by atoms with Crippen molar-refractivity contribution in [2.75, 3.05) is 34.8 Å². The van der Waals surface area contributed by atoms with Crippen molar-refractivity contribution in [2.45, 2.75) is 19.0 Å². The molecule has 0 aliphatic rings. The van der Waals surface area contributed by atoms with Crippen molar-refractivity contribution >= 4 is 6.03 Å². The summed E-state index contributed by atoms with van der Waals surface area (Å²) in [4.78, 5) is 20.7. The van der Waals surface area contributed by atoms with E-state index < -0.39 is 0 Å². The lowest BCUT2D eigenvalue weighted by Gasteiger charge is -2.28.